The van der Waals surface area contributed by atoms with Crippen LogP contribution in [0.1, 0.15) is 25.8 Å². The first kappa shape index (κ1) is 18.8. The van der Waals surface area contributed by atoms with Gasteiger partial charge in [-0.05, 0) is 12.3 Å². The van der Waals surface area contributed by atoms with Gasteiger partial charge in [-0.2, -0.15) is 5.10 Å². The lowest BCUT2D eigenvalue weighted by Crippen LogP contribution is -2.33. The van der Waals surface area contributed by atoms with Crippen molar-refractivity contribution < 1.29 is 9.90 Å². The summed E-state index contributed by atoms with van der Waals surface area (Å²) in [4.78, 5) is 25.0. The lowest BCUT2D eigenvalue weighted by molar-refractivity contribution is -0.121. The van der Waals surface area contributed by atoms with Crippen LogP contribution in [0.25, 0.3) is 16.8 Å². The van der Waals surface area contributed by atoms with Crippen molar-refractivity contribution in [3.05, 3.63) is 58.6 Å². The molecule has 0 fully saturated rings. The molecule has 142 valence electrons. The van der Waals surface area contributed by atoms with Crippen LogP contribution in [0.3, 0.4) is 0 Å². The van der Waals surface area contributed by atoms with Crippen molar-refractivity contribution in [3.8, 4) is 11.3 Å². The summed E-state index contributed by atoms with van der Waals surface area (Å²) in [5.74, 6) is 0.287. The van der Waals surface area contributed by atoms with Crippen molar-refractivity contribution in [2.75, 3.05) is 6.54 Å². The molecule has 27 heavy (non-hydrogen) atoms. The highest BCUT2D eigenvalue weighted by molar-refractivity contribution is 5.76. The number of benzene rings is 1. The lowest BCUT2D eigenvalue weighted by Gasteiger charge is -2.09. The number of hydrogen-bond acceptors (Lipinski definition) is 4. The Balaban J connectivity index is 1.93. The molecule has 0 atom stereocenters. The second-order valence-electron chi connectivity index (χ2n) is 6.91. The fourth-order valence-electron chi connectivity index (χ4n) is 2.96. The molecule has 0 saturated heterocycles. The molecule has 1 aromatic carbocycles. The Kier molecular flexibility index (Phi) is 5.71. The zero-order valence-corrected chi connectivity index (χ0v) is 15.6. The summed E-state index contributed by atoms with van der Waals surface area (Å²) in [6.07, 6.45) is 4.06. The van der Waals surface area contributed by atoms with Crippen LogP contribution in [0.4, 0.5) is 0 Å². The normalized spacial score (nSPS) is 11.3. The van der Waals surface area contributed by atoms with Crippen molar-refractivity contribution in [1.29, 1.82) is 0 Å². The van der Waals surface area contributed by atoms with E-state index in [-0.39, 0.29) is 30.1 Å². The number of aliphatic hydroxyl groups excluding tert-OH is 1. The zero-order valence-electron chi connectivity index (χ0n) is 15.6. The quantitative estimate of drug-likeness (QED) is 0.666. The number of hydrogen-bond donors (Lipinski definition) is 2. The van der Waals surface area contributed by atoms with Crippen LogP contribution in [-0.4, -0.2) is 31.7 Å². The highest BCUT2D eigenvalue weighted by Gasteiger charge is 2.18. The number of nitrogens with zero attached hydrogens (tertiary/aromatic N) is 3. The van der Waals surface area contributed by atoms with E-state index < -0.39 is 0 Å². The maximum Gasteiger partial charge on any atom is 0.277 e. The third kappa shape index (κ3) is 4.09. The van der Waals surface area contributed by atoms with Gasteiger partial charge in [0.1, 0.15) is 12.1 Å². The Labute approximate surface area is 157 Å². The molecule has 0 aliphatic heterocycles. The molecule has 0 radical (unpaired) electrons. The summed E-state index contributed by atoms with van der Waals surface area (Å²) < 4.78 is 2.80. The molecule has 0 aliphatic carbocycles. The molecule has 2 aromatic heterocycles. The van der Waals surface area contributed by atoms with Gasteiger partial charge in [-0.25, -0.2) is 4.52 Å². The highest BCUT2D eigenvalue weighted by Crippen LogP contribution is 2.24. The standard InChI is InChI=1S/C20H24N4O3/c1-14(2)8-9-21-17(26)12-23-10-11-24-19(20(23)27)16(13-25)18(22-24)15-6-4-3-5-7-15/h3-7,10-11,14,25H,8-9,12-13H2,1-2H3,(H,21,26). The zero-order chi connectivity index (χ0) is 19.4. The Morgan fingerprint density at radius 1 is 1.22 bits per heavy atom. The minimum atomic E-state index is -0.352. The first-order valence-corrected chi connectivity index (χ1v) is 9.05. The fourth-order valence-corrected chi connectivity index (χ4v) is 2.96. The molecular formula is C20H24N4O3. The topological polar surface area (TPSA) is 88.6 Å². The molecule has 0 aliphatic rings. The first-order chi connectivity index (χ1) is 13.0. The maximum atomic E-state index is 12.9. The number of carbonyl (C=O) groups excluding carboxylic acids is 1. The van der Waals surface area contributed by atoms with Crippen LogP contribution in [0, 0.1) is 5.92 Å². The van der Waals surface area contributed by atoms with E-state index in [4.69, 9.17) is 0 Å². The summed E-state index contributed by atoms with van der Waals surface area (Å²) in [5, 5.41) is 17.1. The average Bonchev–Trinajstić information content (AvgIpc) is 3.04. The van der Waals surface area contributed by atoms with Crippen LogP contribution in [0.2, 0.25) is 0 Å². The molecule has 3 aromatic rings. The number of amides is 1. The van der Waals surface area contributed by atoms with Crippen molar-refractivity contribution in [3.63, 3.8) is 0 Å². The number of aromatic nitrogens is 3. The number of nitrogens with one attached hydrogen (secondary N) is 1. The maximum absolute atomic E-state index is 12.9. The van der Waals surface area contributed by atoms with Gasteiger partial charge >= 0.3 is 0 Å². The van der Waals surface area contributed by atoms with E-state index >= 15 is 0 Å². The van der Waals surface area contributed by atoms with E-state index in [1.807, 2.05) is 30.3 Å². The molecule has 7 nitrogen and oxygen atoms in total. The Bertz CT molecular complexity index is 990. The lowest BCUT2D eigenvalue weighted by atomic mass is 10.1. The van der Waals surface area contributed by atoms with E-state index in [1.165, 1.54) is 9.08 Å². The van der Waals surface area contributed by atoms with E-state index in [9.17, 15) is 14.7 Å². The van der Waals surface area contributed by atoms with Gasteiger partial charge in [0.15, 0.2) is 0 Å². The summed E-state index contributed by atoms with van der Waals surface area (Å²) in [6.45, 7) is 4.38. The minimum absolute atomic E-state index is 0.0653. The van der Waals surface area contributed by atoms with Crippen molar-refractivity contribution in [2.45, 2.75) is 33.4 Å². The second-order valence-corrected chi connectivity index (χ2v) is 6.91. The Morgan fingerprint density at radius 2 is 1.96 bits per heavy atom. The monoisotopic (exact) mass is 368 g/mol. The molecule has 0 unspecified atom stereocenters. The molecular weight excluding hydrogens is 344 g/mol. The van der Waals surface area contributed by atoms with E-state index in [2.05, 4.69) is 24.3 Å². The van der Waals surface area contributed by atoms with Crippen LogP contribution < -0.4 is 10.9 Å². The predicted octanol–water partition coefficient (Wildman–Crippen LogP) is 1.82. The summed E-state index contributed by atoms with van der Waals surface area (Å²) in [5.41, 5.74) is 1.78. The minimum Gasteiger partial charge on any atom is -0.392 e. The Morgan fingerprint density at radius 3 is 2.63 bits per heavy atom. The predicted molar refractivity (Wildman–Crippen MR) is 103 cm³/mol. The van der Waals surface area contributed by atoms with Crippen LogP contribution in [0.5, 0.6) is 0 Å². The number of rotatable bonds is 7. The average molecular weight is 368 g/mol. The largest absolute Gasteiger partial charge is 0.392 e. The number of aliphatic hydroxyl groups is 1. The molecule has 0 bridgehead atoms. The molecule has 2 heterocycles. The molecule has 0 spiro atoms. The van der Waals surface area contributed by atoms with Gasteiger partial charge in [0.25, 0.3) is 5.56 Å². The number of carbonyl (C=O) groups is 1. The van der Waals surface area contributed by atoms with Gasteiger partial charge in [-0.1, -0.05) is 44.2 Å². The fraction of sp³-hybridized carbons (Fsp3) is 0.350. The van der Waals surface area contributed by atoms with Gasteiger partial charge in [-0.15, -0.1) is 0 Å². The summed E-state index contributed by atoms with van der Waals surface area (Å²) in [6, 6.07) is 9.40. The van der Waals surface area contributed by atoms with Crippen molar-refractivity contribution in [1.82, 2.24) is 19.5 Å². The molecule has 2 N–H and O–H groups in total. The van der Waals surface area contributed by atoms with Gasteiger partial charge in [-0.3, -0.25) is 9.59 Å². The van der Waals surface area contributed by atoms with Crippen molar-refractivity contribution >= 4 is 11.4 Å². The van der Waals surface area contributed by atoms with Gasteiger partial charge < -0.3 is 15.0 Å². The molecule has 3 rings (SSSR count). The van der Waals surface area contributed by atoms with Gasteiger partial charge in [0.05, 0.1) is 12.3 Å². The van der Waals surface area contributed by atoms with Crippen LogP contribution in [-0.2, 0) is 17.9 Å². The van der Waals surface area contributed by atoms with Gasteiger partial charge in [0, 0.05) is 30.1 Å². The molecule has 7 heteroatoms. The highest BCUT2D eigenvalue weighted by atomic mass is 16.3. The third-order valence-electron chi connectivity index (χ3n) is 4.42. The first-order valence-electron chi connectivity index (χ1n) is 9.05. The van der Waals surface area contributed by atoms with E-state index in [0.717, 1.165) is 12.0 Å². The second kappa shape index (κ2) is 8.18. The molecule has 1 amide bonds. The molecule has 0 saturated carbocycles. The third-order valence-corrected chi connectivity index (χ3v) is 4.42. The van der Waals surface area contributed by atoms with E-state index in [1.54, 1.807) is 12.4 Å². The van der Waals surface area contributed by atoms with Gasteiger partial charge in [0.2, 0.25) is 5.91 Å². The smallest absolute Gasteiger partial charge is 0.277 e. The van der Waals surface area contributed by atoms with Crippen LogP contribution in [0.15, 0.2) is 47.5 Å². The van der Waals surface area contributed by atoms with Crippen LogP contribution >= 0.6 is 0 Å². The number of fused-ring (bicyclic) bond motifs is 1. The Hall–Kier alpha value is -2.93. The summed E-state index contributed by atoms with van der Waals surface area (Å²) in [7, 11) is 0. The summed E-state index contributed by atoms with van der Waals surface area (Å²) >= 11 is 0. The SMILES string of the molecule is CC(C)CCNC(=O)Cn1ccn2nc(-c3ccccc3)c(CO)c2c1=O. The van der Waals surface area contributed by atoms with E-state index in [0.29, 0.717) is 23.7 Å². The van der Waals surface area contributed by atoms with Crippen molar-refractivity contribution in [2.24, 2.45) is 5.92 Å².